The van der Waals surface area contributed by atoms with Gasteiger partial charge in [-0.15, -0.1) is 0 Å². The largest absolute Gasteiger partial charge is 0.359 e. The molecule has 3 fully saturated rings. The molecule has 1 spiro atoms. The third-order valence-electron chi connectivity index (χ3n) is 8.83. The Balaban J connectivity index is 1.43. The summed E-state index contributed by atoms with van der Waals surface area (Å²) in [7, 11) is 0. The predicted octanol–water partition coefficient (Wildman–Crippen LogP) is 4.39. The van der Waals surface area contributed by atoms with E-state index >= 15 is 0 Å². The summed E-state index contributed by atoms with van der Waals surface area (Å²) in [6, 6.07) is 7.08. The summed E-state index contributed by atoms with van der Waals surface area (Å²) in [5.41, 5.74) is 0.129. The van der Waals surface area contributed by atoms with Gasteiger partial charge in [0.05, 0.1) is 17.9 Å². The van der Waals surface area contributed by atoms with Gasteiger partial charge in [-0.2, -0.15) is 0 Å². The fraction of sp³-hybridized carbons (Fsp3) is 0.633. The number of carbonyl (C=O) groups excluding carboxylic acids is 3. The van der Waals surface area contributed by atoms with Crippen molar-refractivity contribution in [3.05, 3.63) is 42.0 Å². The molecule has 7 nitrogen and oxygen atoms in total. The van der Waals surface area contributed by atoms with Gasteiger partial charge in [0, 0.05) is 17.3 Å². The summed E-state index contributed by atoms with van der Waals surface area (Å²) in [5, 5.41) is 6.28. The molecule has 0 aromatic heterocycles. The number of benzene rings is 1. The lowest BCUT2D eigenvalue weighted by molar-refractivity contribution is -0.147. The molecule has 5 unspecified atom stereocenters. The van der Waals surface area contributed by atoms with E-state index in [0.29, 0.717) is 17.5 Å². The fourth-order valence-electron chi connectivity index (χ4n) is 6.86. The maximum absolute atomic E-state index is 14.0. The van der Waals surface area contributed by atoms with E-state index in [1.165, 1.54) is 12.0 Å². The van der Waals surface area contributed by atoms with Crippen LogP contribution in [0.5, 0.6) is 0 Å². The van der Waals surface area contributed by atoms with Crippen LogP contribution in [-0.2, 0) is 19.1 Å². The molecule has 2 N–H and O–H groups in total. The Morgan fingerprint density at radius 2 is 1.76 bits per heavy atom. The molecule has 37 heavy (non-hydrogen) atoms. The van der Waals surface area contributed by atoms with Crippen molar-refractivity contribution in [1.29, 1.82) is 0 Å². The highest BCUT2D eigenvalue weighted by atomic mass is 16.5. The average Bonchev–Trinajstić information content (AvgIpc) is 3.48. The fourth-order valence-corrected chi connectivity index (χ4v) is 6.86. The van der Waals surface area contributed by atoms with Crippen LogP contribution in [0.15, 0.2) is 36.4 Å². The minimum absolute atomic E-state index is 0.0871. The second-order valence-corrected chi connectivity index (χ2v) is 12.7. The summed E-state index contributed by atoms with van der Waals surface area (Å²) in [4.78, 5) is 43.2. The molecule has 5 rings (SSSR count). The van der Waals surface area contributed by atoms with Gasteiger partial charge >= 0.3 is 0 Å². The summed E-state index contributed by atoms with van der Waals surface area (Å²) >= 11 is 0. The van der Waals surface area contributed by atoms with Crippen molar-refractivity contribution in [2.45, 2.75) is 102 Å². The average molecular weight is 508 g/mol. The van der Waals surface area contributed by atoms with Gasteiger partial charge in [-0.25, -0.2) is 0 Å². The van der Waals surface area contributed by atoms with Gasteiger partial charge < -0.3 is 20.3 Å². The molecule has 2 saturated heterocycles. The van der Waals surface area contributed by atoms with Gasteiger partial charge in [0.2, 0.25) is 17.7 Å². The van der Waals surface area contributed by atoms with Gasteiger partial charge in [0.1, 0.15) is 11.6 Å². The zero-order valence-corrected chi connectivity index (χ0v) is 22.9. The van der Waals surface area contributed by atoms with E-state index < -0.39 is 35.1 Å². The van der Waals surface area contributed by atoms with Crippen LogP contribution in [-0.4, -0.2) is 51.9 Å². The third kappa shape index (κ3) is 4.29. The molecular weight excluding hydrogens is 466 g/mol. The first-order valence-corrected chi connectivity index (χ1v) is 13.9. The highest BCUT2D eigenvalue weighted by Crippen LogP contribution is 2.56. The minimum Gasteiger partial charge on any atom is -0.359 e. The molecule has 1 aromatic rings. The lowest BCUT2D eigenvalue weighted by Crippen LogP contribution is -2.61. The number of fused-ring (bicyclic) bond motifs is 1. The van der Waals surface area contributed by atoms with E-state index in [-0.39, 0.29) is 23.8 Å². The Bertz CT molecular complexity index is 1100. The normalized spacial score (nSPS) is 34.7. The Labute approximate surface area is 220 Å². The molecule has 4 aliphatic rings. The van der Waals surface area contributed by atoms with Crippen molar-refractivity contribution in [2.24, 2.45) is 17.8 Å². The lowest BCUT2D eigenvalue weighted by Gasteiger charge is -2.41. The van der Waals surface area contributed by atoms with Gasteiger partial charge in [-0.05, 0) is 63.1 Å². The Kier molecular flexibility index (Phi) is 6.50. The second kappa shape index (κ2) is 9.26. The predicted molar refractivity (Wildman–Crippen MR) is 143 cm³/mol. The Hall–Kier alpha value is -2.67. The Morgan fingerprint density at radius 1 is 1.08 bits per heavy atom. The van der Waals surface area contributed by atoms with Crippen LogP contribution >= 0.6 is 0 Å². The molecular formula is C30H41N3O4. The zero-order valence-electron chi connectivity index (χ0n) is 22.9. The highest BCUT2D eigenvalue weighted by Gasteiger charge is 2.74. The summed E-state index contributed by atoms with van der Waals surface area (Å²) in [6.07, 6.45) is 7.51. The molecule has 0 radical (unpaired) electrons. The van der Waals surface area contributed by atoms with Crippen molar-refractivity contribution < 1.29 is 19.1 Å². The van der Waals surface area contributed by atoms with E-state index in [0.717, 1.165) is 19.3 Å². The molecule has 2 bridgehead atoms. The summed E-state index contributed by atoms with van der Waals surface area (Å²) in [6.45, 7) is 12.2. The number of rotatable bonds is 5. The van der Waals surface area contributed by atoms with Crippen LogP contribution in [0.25, 0.3) is 0 Å². The van der Waals surface area contributed by atoms with Crippen LogP contribution in [0.1, 0.15) is 78.7 Å². The van der Waals surface area contributed by atoms with E-state index in [1.54, 1.807) is 4.90 Å². The number of hydrogen-bond donors (Lipinski definition) is 2. The standard InChI is InChI=1S/C30H41N3O4/c1-17(2)19-11-13-20(14-12-19)31-26(34)23-22-15-16-30(37-22)24(23)28(36)33(29(4,5)6)25(30)27(35)32-21-10-8-7-9-18(21)3/h11-18,21-25H,7-10H2,1-6H3,(H,31,34)(H,32,35)/t18?,21?,22-,23?,24-,25?,30?/m0/s1. The molecule has 7 atom stereocenters. The van der Waals surface area contributed by atoms with Gasteiger partial charge in [0.25, 0.3) is 0 Å². The SMILES string of the molecule is CC(C)c1ccc(NC(=O)C2[C@@H]3C=CC4(O3)C(C(=O)NC3CCCCC3C)N(C(C)(C)C)C(=O)[C@H]24)cc1. The monoisotopic (exact) mass is 507 g/mol. The minimum atomic E-state index is -1.14. The Morgan fingerprint density at radius 3 is 2.38 bits per heavy atom. The van der Waals surface area contributed by atoms with E-state index in [4.69, 9.17) is 4.74 Å². The smallest absolute Gasteiger partial charge is 0.246 e. The molecule has 200 valence electrons. The van der Waals surface area contributed by atoms with Crippen molar-refractivity contribution in [3.8, 4) is 0 Å². The highest BCUT2D eigenvalue weighted by molar-refractivity contribution is 6.03. The first-order valence-electron chi connectivity index (χ1n) is 13.9. The second-order valence-electron chi connectivity index (χ2n) is 12.7. The number of nitrogens with zero attached hydrogens (tertiary/aromatic N) is 1. The summed E-state index contributed by atoms with van der Waals surface area (Å²) in [5.74, 6) is -1.26. The number of ether oxygens (including phenoxy) is 1. The molecule has 1 aliphatic carbocycles. The van der Waals surface area contributed by atoms with Crippen molar-refractivity contribution in [1.82, 2.24) is 10.2 Å². The number of amides is 3. The van der Waals surface area contributed by atoms with Crippen molar-refractivity contribution >= 4 is 23.4 Å². The third-order valence-corrected chi connectivity index (χ3v) is 8.83. The number of carbonyl (C=O) groups is 3. The van der Waals surface area contributed by atoms with Crippen LogP contribution in [0.2, 0.25) is 0 Å². The molecule has 3 amide bonds. The maximum atomic E-state index is 14.0. The summed E-state index contributed by atoms with van der Waals surface area (Å²) < 4.78 is 6.46. The number of hydrogen-bond acceptors (Lipinski definition) is 4. The van der Waals surface area contributed by atoms with Crippen molar-refractivity contribution in [3.63, 3.8) is 0 Å². The number of anilines is 1. The molecule has 1 saturated carbocycles. The van der Waals surface area contributed by atoms with Crippen molar-refractivity contribution in [2.75, 3.05) is 5.32 Å². The molecule has 7 heteroatoms. The van der Waals surface area contributed by atoms with Crippen LogP contribution in [0.3, 0.4) is 0 Å². The maximum Gasteiger partial charge on any atom is 0.246 e. The van der Waals surface area contributed by atoms with E-state index in [2.05, 4.69) is 31.4 Å². The van der Waals surface area contributed by atoms with Crippen LogP contribution in [0.4, 0.5) is 5.69 Å². The van der Waals surface area contributed by atoms with E-state index in [9.17, 15) is 14.4 Å². The first-order chi connectivity index (χ1) is 17.4. The lowest BCUT2D eigenvalue weighted by atomic mass is 9.74. The zero-order chi connectivity index (χ0) is 26.7. The molecule has 1 aromatic carbocycles. The topological polar surface area (TPSA) is 87.7 Å². The van der Waals surface area contributed by atoms with Crippen LogP contribution < -0.4 is 10.6 Å². The quantitative estimate of drug-likeness (QED) is 0.579. The van der Waals surface area contributed by atoms with Crippen LogP contribution in [0, 0.1) is 17.8 Å². The molecule has 3 aliphatic heterocycles. The number of nitrogens with one attached hydrogen (secondary N) is 2. The van der Waals surface area contributed by atoms with Gasteiger partial charge in [0.15, 0.2) is 0 Å². The number of likely N-dealkylation sites (tertiary alicyclic amines) is 1. The molecule has 3 heterocycles. The van der Waals surface area contributed by atoms with E-state index in [1.807, 2.05) is 57.2 Å². The van der Waals surface area contributed by atoms with Gasteiger partial charge in [-0.1, -0.05) is 57.9 Å². The van der Waals surface area contributed by atoms with Gasteiger partial charge in [-0.3, -0.25) is 14.4 Å². The first kappa shape index (κ1) is 26.0.